The van der Waals surface area contributed by atoms with Crippen molar-refractivity contribution in [2.45, 2.75) is 38.8 Å². The van der Waals surface area contributed by atoms with Crippen molar-refractivity contribution in [2.75, 3.05) is 20.2 Å². The zero-order chi connectivity index (χ0) is 16.7. The van der Waals surface area contributed by atoms with E-state index < -0.39 is 0 Å². The zero-order valence-electron chi connectivity index (χ0n) is 14.5. The Morgan fingerprint density at radius 1 is 1.33 bits per heavy atom. The van der Waals surface area contributed by atoms with Crippen LogP contribution in [0.1, 0.15) is 43.5 Å². The van der Waals surface area contributed by atoms with Gasteiger partial charge in [-0.1, -0.05) is 13.3 Å². The van der Waals surface area contributed by atoms with Gasteiger partial charge in [0.15, 0.2) is 0 Å². The lowest BCUT2D eigenvalue weighted by Gasteiger charge is -2.49. The first-order valence-electron chi connectivity index (χ1n) is 9.06. The molecule has 1 unspecified atom stereocenters. The van der Waals surface area contributed by atoms with Gasteiger partial charge in [0, 0.05) is 11.9 Å². The van der Waals surface area contributed by atoms with E-state index in [1.807, 2.05) is 18.2 Å². The Morgan fingerprint density at radius 3 is 2.88 bits per heavy atom. The van der Waals surface area contributed by atoms with Gasteiger partial charge < -0.3 is 9.84 Å². The highest BCUT2D eigenvalue weighted by Gasteiger charge is 2.40. The molecular formula is C20H26N2O2. The predicted molar refractivity (Wildman–Crippen MR) is 95.0 cm³/mol. The third kappa shape index (κ3) is 2.58. The molecule has 3 aliphatic rings. The maximum absolute atomic E-state index is 9.85. The Hall–Kier alpha value is -1.65. The SMILES string of the molecule is CC[C@@H]1CN2CC[C@H]1C[C@H]2c1cc(CO)c2cc(OC)ccc2n1. The highest BCUT2D eigenvalue weighted by atomic mass is 16.5. The van der Waals surface area contributed by atoms with Crippen molar-refractivity contribution in [3.63, 3.8) is 0 Å². The lowest BCUT2D eigenvalue weighted by molar-refractivity contribution is -0.00283. The first-order chi connectivity index (χ1) is 11.7. The molecule has 5 rings (SSSR count). The van der Waals surface area contributed by atoms with Crippen molar-refractivity contribution in [1.29, 1.82) is 0 Å². The van der Waals surface area contributed by atoms with Gasteiger partial charge in [-0.2, -0.15) is 0 Å². The molecule has 4 atom stereocenters. The summed E-state index contributed by atoms with van der Waals surface area (Å²) in [5, 5.41) is 10.8. The first-order valence-corrected chi connectivity index (χ1v) is 9.06. The molecule has 2 bridgehead atoms. The summed E-state index contributed by atoms with van der Waals surface area (Å²) in [6, 6.07) is 8.43. The van der Waals surface area contributed by atoms with E-state index in [2.05, 4.69) is 17.9 Å². The van der Waals surface area contributed by atoms with E-state index in [1.165, 1.54) is 32.4 Å². The summed E-state index contributed by atoms with van der Waals surface area (Å²) in [6.45, 7) is 4.73. The molecule has 0 radical (unpaired) electrons. The number of pyridine rings is 1. The number of aromatic nitrogens is 1. The van der Waals surface area contributed by atoms with Gasteiger partial charge >= 0.3 is 0 Å². The quantitative estimate of drug-likeness (QED) is 0.933. The monoisotopic (exact) mass is 326 g/mol. The molecule has 3 saturated heterocycles. The van der Waals surface area contributed by atoms with Crippen LogP contribution in [0.2, 0.25) is 0 Å². The van der Waals surface area contributed by atoms with Crippen LogP contribution in [-0.2, 0) is 6.61 Å². The molecule has 4 nitrogen and oxygen atoms in total. The summed E-state index contributed by atoms with van der Waals surface area (Å²) in [4.78, 5) is 7.55. The van der Waals surface area contributed by atoms with Gasteiger partial charge in [0.1, 0.15) is 5.75 Å². The standard InChI is InChI=1S/C20H26N2O2/c1-3-13-11-22-7-6-14(13)9-20(22)19-8-15(12-23)17-10-16(24-2)4-5-18(17)21-19/h4-5,8,10,13-14,20,23H,3,6-7,9,11-12H2,1-2H3/t13-,14+,20+/m1/s1. The molecule has 0 saturated carbocycles. The van der Waals surface area contributed by atoms with Crippen LogP contribution in [-0.4, -0.2) is 35.2 Å². The molecule has 4 heterocycles. The summed E-state index contributed by atoms with van der Waals surface area (Å²) < 4.78 is 5.32. The molecule has 1 N–H and O–H groups in total. The smallest absolute Gasteiger partial charge is 0.119 e. The molecule has 1 aromatic heterocycles. The van der Waals surface area contributed by atoms with Gasteiger partial charge in [-0.05, 0) is 61.1 Å². The number of hydrogen-bond donors (Lipinski definition) is 1. The fourth-order valence-electron chi connectivity index (χ4n) is 4.63. The van der Waals surface area contributed by atoms with E-state index >= 15 is 0 Å². The van der Waals surface area contributed by atoms with Crippen LogP contribution in [0.4, 0.5) is 0 Å². The van der Waals surface area contributed by atoms with Crippen molar-refractivity contribution in [2.24, 2.45) is 11.8 Å². The van der Waals surface area contributed by atoms with Gasteiger partial charge in [-0.3, -0.25) is 9.88 Å². The third-order valence-electron chi connectivity index (χ3n) is 6.05. The summed E-state index contributed by atoms with van der Waals surface area (Å²) >= 11 is 0. The van der Waals surface area contributed by atoms with Crippen LogP contribution in [0.3, 0.4) is 0 Å². The number of ether oxygens (including phenoxy) is 1. The summed E-state index contributed by atoms with van der Waals surface area (Å²) in [5.41, 5.74) is 3.02. The molecule has 4 heteroatoms. The minimum atomic E-state index is 0.0346. The summed E-state index contributed by atoms with van der Waals surface area (Å²) in [6.07, 6.45) is 3.81. The Morgan fingerprint density at radius 2 is 2.21 bits per heavy atom. The number of aliphatic hydroxyl groups is 1. The maximum atomic E-state index is 9.85. The number of hydrogen-bond acceptors (Lipinski definition) is 4. The molecule has 1 aromatic carbocycles. The van der Waals surface area contributed by atoms with Crippen molar-refractivity contribution < 1.29 is 9.84 Å². The lowest BCUT2D eigenvalue weighted by atomic mass is 9.73. The van der Waals surface area contributed by atoms with E-state index in [0.29, 0.717) is 6.04 Å². The number of benzene rings is 1. The zero-order valence-corrected chi connectivity index (χ0v) is 14.5. The Kier molecular flexibility index (Phi) is 4.19. The molecule has 24 heavy (non-hydrogen) atoms. The van der Waals surface area contributed by atoms with Crippen LogP contribution in [0.25, 0.3) is 10.9 Å². The second-order valence-corrected chi connectivity index (χ2v) is 7.21. The maximum Gasteiger partial charge on any atom is 0.119 e. The molecule has 0 spiro atoms. The fraction of sp³-hybridized carbons (Fsp3) is 0.550. The highest BCUT2D eigenvalue weighted by Crippen LogP contribution is 2.44. The van der Waals surface area contributed by atoms with E-state index in [9.17, 15) is 5.11 Å². The Labute approximate surface area is 143 Å². The Bertz CT molecular complexity index is 746. The minimum absolute atomic E-state index is 0.0346. The second kappa shape index (κ2) is 6.34. The molecule has 2 aromatic rings. The number of aliphatic hydroxyl groups excluding tert-OH is 1. The topological polar surface area (TPSA) is 45.6 Å². The molecular weight excluding hydrogens is 300 g/mol. The molecule has 0 aliphatic carbocycles. The molecule has 3 fully saturated rings. The number of methoxy groups -OCH3 is 1. The molecule has 0 amide bonds. The van der Waals surface area contributed by atoms with Crippen molar-refractivity contribution in [1.82, 2.24) is 9.88 Å². The van der Waals surface area contributed by atoms with Crippen molar-refractivity contribution >= 4 is 10.9 Å². The first kappa shape index (κ1) is 15.9. The van der Waals surface area contributed by atoms with Gasteiger partial charge in [0.2, 0.25) is 0 Å². The highest BCUT2D eigenvalue weighted by molar-refractivity contribution is 5.84. The van der Waals surface area contributed by atoms with E-state index in [-0.39, 0.29) is 6.61 Å². The van der Waals surface area contributed by atoms with Gasteiger partial charge in [0.05, 0.1) is 31.0 Å². The molecule has 3 aliphatic heterocycles. The number of nitrogens with zero attached hydrogens (tertiary/aromatic N) is 2. The van der Waals surface area contributed by atoms with Crippen molar-refractivity contribution in [3.05, 3.63) is 35.5 Å². The average Bonchev–Trinajstić information content (AvgIpc) is 2.66. The number of rotatable bonds is 4. The third-order valence-corrected chi connectivity index (χ3v) is 6.05. The van der Waals surface area contributed by atoms with Gasteiger partial charge in [0.25, 0.3) is 0 Å². The van der Waals surface area contributed by atoms with Crippen LogP contribution < -0.4 is 4.74 Å². The van der Waals surface area contributed by atoms with Gasteiger partial charge in [-0.15, -0.1) is 0 Å². The van der Waals surface area contributed by atoms with Crippen LogP contribution >= 0.6 is 0 Å². The van der Waals surface area contributed by atoms with Crippen LogP contribution in [0.15, 0.2) is 24.3 Å². The average molecular weight is 326 g/mol. The summed E-state index contributed by atoms with van der Waals surface area (Å²) in [5.74, 6) is 2.48. The van der Waals surface area contributed by atoms with E-state index in [1.54, 1.807) is 7.11 Å². The Balaban J connectivity index is 1.73. The lowest BCUT2D eigenvalue weighted by Crippen LogP contribution is -2.49. The molecule has 128 valence electrons. The normalized spacial score (nSPS) is 29.1. The van der Waals surface area contributed by atoms with E-state index in [4.69, 9.17) is 9.72 Å². The second-order valence-electron chi connectivity index (χ2n) is 7.21. The minimum Gasteiger partial charge on any atom is -0.497 e. The van der Waals surface area contributed by atoms with Gasteiger partial charge in [-0.25, -0.2) is 0 Å². The van der Waals surface area contributed by atoms with Crippen LogP contribution in [0.5, 0.6) is 5.75 Å². The van der Waals surface area contributed by atoms with Crippen molar-refractivity contribution in [3.8, 4) is 5.75 Å². The van der Waals surface area contributed by atoms with Crippen LogP contribution in [0, 0.1) is 11.8 Å². The fourth-order valence-corrected chi connectivity index (χ4v) is 4.63. The summed E-state index contributed by atoms with van der Waals surface area (Å²) in [7, 11) is 1.66. The number of fused-ring (bicyclic) bond motifs is 4. The van der Waals surface area contributed by atoms with E-state index in [0.717, 1.165) is 39.7 Å². The largest absolute Gasteiger partial charge is 0.497 e. The number of piperidine rings is 3. The predicted octanol–water partition coefficient (Wildman–Crippen LogP) is 3.53.